The Balaban J connectivity index is 1.25. The van der Waals surface area contributed by atoms with Crippen molar-refractivity contribution in [3.8, 4) is 17.3 Å². The molecule has 0 bridgehead atoms. The molecule has 0 amide bonds. The summed E-state index contributed by atoms with van der Waals surface area (Å²) in [6.45, 7) is 1.73. The summed E-state index contributed by atoms with van der Waals surface area (Å²) >= 11 is 0. The van der Waals surface area contributed by atoms with Crippen LogP contribution in [0.2, 0.25) is 0 Å². The van der Waals surface area contributed by atoms with Gasteiger partial charge in [-0.1, -0.05) is 43.2 Å². The van der Waals surface area contributed by atoms with E-state index in [1.807, 2.05) is 42.6 Å². The SMILES string of the molecule is N#Cc1ccc(N2CCC[C@H](N[C@@H]3CCCC[C@H]3Nc3nccc(-c4ccccc4)n3)C2)cc1F. The van der Waals surface area contributed by atoms with Crippen LogP contribution in [0.1, 0.15) is 44.1 Å². The highest BCUT2D eigenvalue weighted by Crippen LogP contribution is 2.26. The Kier molecular flexibility index (Phi) is 7.20. The maximum Gasteiger partial charge on any atom is 0.223 e. The van der Waals surface area contributed by atoms with E-state index in [2.05, 4.69) is 32.7 Å². The number of piperidine rings is 1. The van der Waals surface area contributed by atoms with Crippen molar-refractivity contribution in [1.29, 1.82) is 5.26 Å². The zero-order valence-corrected chi connectivity index (χ0v) is 19.8. The van der Waals surface area contributed by atoms with E-state index in [1.54, 1.807) is 6.07 Å². The molecule has 1 saturated heterocycles. The molecule has 3 atom stereocenters. The summed E-state index contributed by atoms with van der Waals surface area (Å²) in [6, 6.07) is 19.8. The smallest absolute Gasteiger partial charge is 0.223 e. The Morgan fingerprint density at radius 3 is 2.60 bits per heavy atom. The number of aromatic nitrogens is 2. The van der Waals surface area contributed by atoms with Gasteiger partial charge < -0.3 is 15.5 Å². The van der Waals surface area contributed by atoms with Crippen LogP contribution >= 0.6 is 0 Å². The van der Waals surface area contributed by atoms with Crippen LogP contribution in [0.3, 0.4) is 0 Å². The molecule has 0 unspecified atom stereocenters. The number of hydrogen-bond donors (Lipinski definition) is 2. The van der Waals surface area contributed by atoms with Crippen molar-refractivity contribution >= 4 is 11.6 Å². The largest absolute Gasteiger partial charge is 0.370 e. The first-order valence-electron chi connectivity index (χ1n) is 12.6. The summed E-state index contributed by atoms with van der Waals surface area (Å²) in [6.07, 6.45) is 8.54. The van der Waals surface area contributed by atoms with Crippen LogP contribution in [-0.4, -0.2) is 41.2 Å². The Morgan fingerprint density at radius 1 is 0.971 bits per heavy atom. The van der Waals surface area contributed by atoms with Gasteiger partial charge in [-0.3, -0.25) is 0 Å². The highest BCUT2D eigenvalue weighted by atomic mass is 19.1. The molecule has 2 fully saturated rings. The quantitative estimate of drug-likeness (QED) is 0.520. The molecule has 1 aliphatic heterocycles. The molecule has 3 aromatic rings. The van der Waals surface area contributed by atoms with Gasteiger partial charge in [0.25, 0.3) is 0 Å². The third-order valence-electron chi connectivity index (χ3n) is 7.12. The Bertz CT molecular complexity index is 1180. The number of halogens is 1. The van der Waals surface area contributed by atoms with E-state index in [0.29, 0.717) is 18.0 Å². The average molecular weight is 471 g/mol. The van der Waals surface area contributed by atoms with Crippen LogP contribution in [0, 0.1) is 17.1 Å². The first-order valence-corrected chi connectivity index (χ1v) is 12.6. The monoisotopic (exact) mass is 470 g/mol. The molecule has 2 aliphatic rings. The number of nitrogens with zero attached hydrogens (tertiary/aromatic N) is 4. The maximum absolute atomic E-state index is 14.2. The molecule has 2 N–H and O–H groups in total. The highest BCUT2D eigenvalue weighted by molar-refractivity contribution is 5.59. The van der Waals surface area contributed by atoms with Gasteiger partial charge in [0.1, 0.15) is 11.9 Å². The predicted octanol–water partition coefficient (Wildman–Crippen LogP) is 5.14. The first kappa shape index (κ1) is 23.3. The summed E-state index contributed by atoms with van der Waals surface area (Å²) in [5.41, 5.74) is 2.94. The van der Waals surface area contributed by atoms with Gasteiger partial charge in [0.15, 0.2) is 0 Å². The number of anilines is 2. The van der Waals surface area contributed by atoms with Crippen molar-refractivity contribution in [3.05, 3.63) is 72.2 Å². The summed E-state index contributed by atoms with van der Waals surface area (Å²) in [5.74, 6) is 0.220. The fraction of sp³-hybridized carbons (Fsp3) is 0.393. The zero-order valence-electron chi connectivity index (χ0n) is 19.8. The second-order valence-corrected chi connectivity index (χ2v) is 9.50. The lowest BCUT2D eigenvalue weighted by Gasteiger charge is -2.40. The lowest BCUT2D eigenvalue weighted by atomic mass is 9.89. The van der Waals surface area contributed by atoms with E-state index in [0.717, 1.165) is 55.7 Å². The van der Waals surface area contributed by atoms with Gasteiger partial charge in [-0.25, -0.2) is 14.4 Å². The van der Waals surface area contributed by atoms with Crippen LogP contribution < -0.4 is 15.5 Å². The zero-order chi connectivity index (χ0) is 24.0. The molecule has 0 spiro atoms. The highest BCUT2D eigenvalue weighted by Gasteiger charge is 2.30. The maximum atomic E-state index is 14.2. The van der Waals surface area contributed by atoms with Crippen molar-refractivity contribution in [2.75, 3.05) is 23.3 Å². The standard InChI is InChI=1S/C28H31FN6/c29-24-17-23(13-12-21(24)18-30)35-16-6-9-22(19-35)32-26-10-4-5-11-27(26)34-28-31-15-14-25(33-28)20-7-2-1-3-8-20/h1-3,7-8,12-15,17,22,26-27,32H,4-6,9-11,16,19H2,(H,31,33,34)/t22-,26+,27+/m0/s1. The topological polar surface area (TPSA) is 76.9 Å². The number of nitriles is 1. The number of nitrogens with one attached hydrogen (secondary N) is 2. The fourth-order valence-electron chi connectivity index (χ4n) is 5.31. The summed E-state index contributed by atoms with van der Waals surface area (Å²) in [4.78, 5) is 11.5. The van der Waals surface area contributed by atoms with E-state index >= 15 is 0 Å². The van der Waals surface area contributed by atoms with Gasteiger partial charge in [0, 0.05) is 48.7 Å². The van der Waals surface area contributed by atoms with E-state index in [4.69, 9.17) is 10.2 Å². The van der Waals surface area contributed by atoms with Crippen molar-refractivity contribution in [2.45, 2.75) is 56.7 Å². The van der Waals surface area contributed by atoms with Crippen molar-refractivity contribution < 1.29 is 4.39 Å². The van der Waals surface area contributed by atoms with E-state index in [1.165, 1.54) is 18.9 Å². The Hall–Kier alpha value is -3.50. The fourth-order valence-corrected chi connectivity index (χ4v) is 5.31. The second-order valence-electron chi connectivity index (χ2n) is 9.50. The molecule has 6 nitrogen and oxygen atoms in total. The lowest BCUT2D eigenvalue weighted by Crippen LogP contribution is -2.55. The predicted molar refractivity (Wildman–Crippen MR) is 137 cm³/mol. The van der Waals surface area contributed by atoms with Crippen molar-refractivity contribution in [2.24, 2.45) is 0 Å². The molecule has 1 aromatic heterocycles. The summed E-state index contributed by atoms with van der Waals surface area (Å²) < 4.78 is 14.2. The molecule has 2 heterocycles. The number of benzene rings is 2. The minimum absolute atomic E-state index is 0.0927. The van der Waals surface area contributed by atoms with Crippen LogP contribution in [0.5, 0.6) is 0 Å². The molecule has 1 aliphatic carbocycles. The van der Waals surface area contributed by atoms with Gasteiger partial charge in [0.05, 0.1) is 11.3 Å². The van der Waals surface area contributed by atoms with Crippen molar-refractivity contribution in [3.63, 3.8) is 0 Å². The molecule has 5 rings (SSSR count). The number of rotatable bonds is 6. The summed E-state index contributed by atoms with van der Waals surface area (Å²) in [5, 5.41) is 16.5. The molecule has 2 aromatic carbocycles. The van der Waals surface area contributed by atoms with E-state index < -0.39 is 5.82 Å². The molecule has 7 heteroatoms. The third-order valence-corrected chi connectivity index (χ3v) is 7.12. The molecule has 180 valence electrons. The van der Waals surface area contributed by atoms with E-state index in [9.17, 15) is 4.39 Å². The third kappa shape index (κ3) is 5.60. The van der Waals surface area contributed by atoms with Crippen LogP contribution in [0.15, 0.2) is 60.8 Å². The first-order chi connectivity index (χ1) is 17.2. The molecule has 35 heavy (non-hydrogen) atoms. The van der Waals surface area contributed by atoms with Gasteiger partial charge >= 0.3 is 0 Å². The van der Waals surface area contributed by atoms with Crippen LogP contribution in [0.4, 0.5) is 16.0 Å². The minimum atomic E-state index is -0.450. The number of hydrogen-bond acceptors (Lipinski definition) is 6. The molecular weight excluding hydrogens is 439 g/mol. The van der Waals surface area contributed by atoms with Crippen LogP contribution in [-0.2, 0) is 0 Å². The van der Waals surface area contributed by atoms with Gasteiger partial charge in [-0.2, -0.15) is 5.26 Å². The normalized spacial score (nSPS) is 22.4. The van der Waals surface area contributed by atoms with E-state index in [-0.39, 0.29) is 11.6 Å². The summed E-state index contributed by atoms with van der Waals surface area (Å²) in [7, 11) is 0. The van der Waals surface area contributed by atoms with Crippen LogP contribution in [0.25, 0.3) is 11.3 Å². The van der Waals surface area contributed by atoms with Crippen molar-refractivity contribution in [1.82, 2.24) is 15.3 Å². The van der Waals surface area contributed by atoms with Gasteiger partial charge in [0.2, 0.25) is 5.95 Å². The second kappa shape index (κ2) is 10.8. The Morgan fingerprint density at radius 2 is 1.80 bits per heavy atom. The lowest BCUT2D eigenvalue weighted by molar-refractivity contribution is 0.293. The van der Waals surface area contributed by atoms with Gasteiger partial charge in [-0.15, -0.1) is 0 Å². The molecule has 1 saturated carbocycles. The van der Waals surface area contributed by atoms with Gasteiger partial charge in [-0.05, 0) is 49.9 Å². The minimum Gasteiger partial charge on any atom is -0.370 e. The molecular formula is C28H31FN6. The Labute approximate surface area is 206 Å². The average Bonchev–Trinajstić information content (AvgIpc) is 2.91. The molecule has 0 radical (unpaired) electrons.